The van der Waals surface area contributed by atoms with Crippen LogP contribution in [0.3, 0.4) is 0 Å². The van der Waals surface area contributed by atoms with Crippen molar-refractivity contribution in [2.45, 2.75) is 70.2 Å². The Kier molecular flexibility index (Phi) is 8.00. The number of Topliss-reactive ketones (excluding diaryl/α,β-unsaturated/α-hetero) is 1. The van der Waals surface area contributed by atoms with Crippen LogP contribution in [-0.2, 0) is 16.7 Å². The number of aryl methyl sites for hydroxylation is 3. The van der Waals surface area contributed by atoms with Crippen molar-refractivity contribution < 1.29 is 18.0 Å². The average Bonchev–Trinajstić information content (AvgIpc) is 2.92. The van der Waals surface area contributed by atoms with E-state index in [1.165, 1.54) is 22.6 Å². The van der Waals surface area contributed by atoms with Crippen molar-refractivity contribution in [3.63, 3.8) is 0 Å². The Morgan fingerprint density at radius 2 is 1.67 bits per heavy atom. The number of benzene rings is 3. The predicted octanol–water partition coefficient (Wildman–Crippen LogP) is 8.86. The molecule has 3 aromatic rings. The third kappa shape index (κ3) is 5.83. The molecule has 2 aliphatic rings. The minimum atomic E-state index is -4.49. The van der Waals surface area contributed by atoms with Gasteiger partial charge in [-0.15, -0.1) is 11.8 Å². The molecule has 0 radical (unpaired) electrons. The highest BCUT2D eigenvalue weighted by molar-refractivity contribution is 7.98. The van der Waals surface area contributed by atoms with Crippen LogP contribution < -0.4 is 10.6 Å². The third-order valence-corrected chi connectivity index (χ3v) is 9.57. The Morgan fingerprint density at radius 3 is 2.30 bits per heavy atom. The number of halogens is 3. The number of nitriles is 1. The van der Waals surface area contributed by atoms with E-state index in [1.54, 1.807) is 16.7 Å². The standard InChI is InChI=1S/C35H34F3N3OS/c1-20-8-6-7-9-30(20)43-19-23-15-26(22(3)14-21(23)2)31-27(18-39)33(40)41(25-12-10-24(11-13-25)35(36,37)38)28-16-34(4,5)17-29(42)32(28)31/h6-15,31H,16-17,19,40H2,1-5H3. The summed E-state index contributed by atoms with van der Waals surface area (Å²) in [4.78, 5) is 16.8. The molecule has 43 heavy (non-hydrogen) atoms. The van der Waals surface area contributed by atoms with Crippen molar-refractivity contribution in [1.82, 2.24) is 0 Å². The first-order chi connectivity index (χ1) is 20.2. The maximum atomic E-state index is 14.0. The number of hydrogen-bond acceptors (Lipinski definition) is 5. The highest BCUT2D eigenvalue weighted by atomic mass is 32.2. The molecule has 4 nitrogen and oxygen atoms in total. The van der Waals surface area contributed by atoms with Gasteiger partial charge in [-0.3, -0.25) is 9.69 Å². The number of hydrogen-bond donors (Lipinski definition) is 1. The van der Waals surface area contributed by atoms with Crippen LogP contribution in [0.4, 0.5) is 18.9 Å². The maximum absolute atomic E-state index is 14.0. The lowest BCUT2D eigenvalue weighted by Gasteiger charge is -2.44. The van der Waals surface area contributed by atoms with E-state index < -0.39 is 23.1 Å². The van der Waals surface area contributed by atoms with Crippen LogP contribution in [0.25, 0.3) is 0 Å². The summed E-state index contributed by atoms with van der Waals surface area (Å²) in [5, 5.41) is 10.5. The zero-order valence-corrected chi connectivity index (χ0v) is 25.7. The molecular weight excluding hydrogens is 567 g/mol. The summed E-state index contributed by atoms with van der Waals surface area (Å²) in [6.45, 7) is 10.1. The molecule has 1 aliphatic heterocycles. The third-order valence-electron chi connectivity index (χ3n) is 8.35. The van der Waals surface area contributed by atoms with Crippen molar-refractivity contribution in [1.29, 1.82) is 5.26 Å². The molecule has 1 unspecified atom stereocenters. The molecule has 0 fully saturated rings. The summed E-state index contributed by atoms with van der Waals surface area (Å²) in [5.74, 6) is 0.0937. The highest BCUT2D eigenvalue weighted by Crippen LogP contribution is 2.51. The van der Waals surface area contributed by atoms with Gasteiger partial charge in [-0.25, -0.2) is 0 Å². The number of nitrogens with two attached hydrogens (primary N) is 1. The Balaban J connectivity index is 1.66. The van der Waals surface area contributed by atoms with Crippen molar-refractivity contribution >= 4 is 23.2 Å². The summed E-state index contributed by atoms with van der Waals surface area (Å²) < 4.78 is 40.0. The number of alkyl halides is 3. The highest BCUT2D eigenvalue weighted by Gasteiger charge is 2.45. The Labute approximate surface area is 255 Å². The van der Waals surface area contributed by atoms with Crippen LogP contribution in [0.15, 0.2) is 88.2 Å². The number of thioether (sulfide) groups is 1. The van der Waals surface area contributed by atoms with E-state index in [-0.39, 0.29) is 17.2 Å². The molecule has 1 atom stereocenters. The molecule has 1 aliphatic carbocycles. The normalized spacial score (nSPS) is 18.5. The number of nitrogens with zero attached hydrogens (tertiary/aromatic N) is 2. The van der Waals surface area contributed by atoms with Crippen molar-refractivity contribution in [3.05, 3.63) is 117 Å². The fourth-order valence-electron chi connectivity index (χ4n) is 6.17. The van der Waals surface area contributed by atoms with Gasteiger partial charge in [0.1, 0.15) is 5.82 Å². The van der Waals surface area contributed by atoms with E-state index in [2.05, 4.69) is 44.2 Å². The smallest absolute Gasteiger partial charge is 0.384 e. The molecule has 0 amide bonds. The van der Waals surface area contributed by atoms with E-state index in [1.807, 2.05) is 32.9 Å². The van der Waals surface area contributed by atoms with Crippen molar-refractivity contribution in [3.8, 4) is 6.07 Å². The topological polar surface area (TPSA) is 70.1 Å². The van der Waals surface area contributed by atoms with Gasteiger partial charge in [-0.1, -0.05) is 44.2 Å². The number of ketones is 1. The Hall–Kier alpha value is -3.96. The maximum Gasteiger partial charge on any atom is 0.416 e. The van der Waals surface area contributed by atoms with Gasteiger partial charge in [0.25, 0.3) is 0 Å². The molecule has 8 heteroatoms. The molecular formula is C35H34F3N3OS. The van der Waals surface area contributed by atoms with Gasteiger partial charge >= 0.3 is 6.18 Å². The van der Waals surface area contributed by atoms with Gasteiger partial charge in [0, 0.05) is 34.0 Å². The summed E-state index contributed by atoms with van der Waals surface area (Å²) in [6.07, 6.45) is -3.72. The molecule has 0 saturated heterocycles. The lowest BCUT2D eigenvalue weighted by Crippen LogP contribution is -2.42. The summed E-state index contributed by atoms with van der Waals surface area (Å²) >= 11 is 1.74. The lowest BCUT2D eigenvalue weighted by atomic mass is 9.68. The fourth-order valence-corrected chi connectivity index (χ4v) is 7.26. The molecule has 1 heterocycles. The summed E-state index contributed by atoms with van der Waals surface area (Å²) in [5.41, 5.74) is 12.5. The minimum absolute atomic E-state index is 0.0794. The van der Waals surface area contributed by atoms with Crippen LogP contribution in [-0.4, -0.2) is 5.78 Å². The van der Waals surface area contributed by atoms with E-state index in [0.29, 0.717) is 35.6 Å². The first-order valence-electron chi connectivity index (χ1n) is 14.1. The number of rotatable bonds is 5. The van der Waals surface area contributed by atoms with Crippen LogP contribution in [0, 0.1) is 37.5 Å². The molecule has 222 valence electrons. The second-order valence-electron chi connectivity index (χ2n) is 12.2. The van der Waals surface area contributed by atoms with Gasteiger partial charge in [0.15, 0.2) is 5.78 Å². The Morgan fingerprint density at radius 1 is 1.00 bits per heavy atom. The molecule has 0 spiro atoms. The first kappa shape index (κ1) is 30.5. The summed E-state index contributed by atoms with van der Waals surface area (Å²) in [7, 11) is 0. The predicted molar refractivity (Wildman–Crippen MR) is 165 cm³/mol. The van der Waals surface area contributed by atoms with Crippen LogP contribution in [0.2, 0.25) is 0 Å². The second kappa shape index (κ2) is 11.3. The number of allylic oxidation sites excluding steroid dienone is 3. The van der Waals surface area contributed by atoms with E-state index in [9.17, 15) is 23.2 Å². The first-order valence-corrected chi connectivity index (χ1v) is 15.1. The molecule has 2 N–H and O–H groups in total. The van der Waals surface area contributed by atoms with Gasteiger partial charge in [0.05, 0.1) is 23.1 Å². The lowest BCUT2D eigenvalue weighted by molar-refractivity contribution is -0.137. The minimum Gasteiger partial charge on any atom is -0.384 e. The molecule has 3 aromatic carbocycles. The second-order valence-corrected chi connectivity index (χ2v) is 13.2. The fraction of sp³-hybridized carbons (Fsp3) is 0.314. The number of carbonyl (C=O) groups is 1. The monoisotopic (exact) mass is 601 g/mol. The molecule has 0 saturated carbocycles. The molecule has 5 rings (SSSR count). The molecule has 0 bridgehead atoms. The van der Waals surface area contributed by atoms with Crippen LogP contribution >= 0.6 is 11.8 Å². The Bertz CT molecular complexity index is 1710. The quantitative estimate of drug-likeness (QED) is 0.296. The van der Waals surface area contributed by atoms with E-state index in [0.717, 1.165) is 34.4 Å². The van der Waals surface area contributed by atoms with Crippen molar-refractivity contribution in [2.75, 3.05) is 4.90 Å². The summed E-state index contributed by atoms with van der Waals surface area (Å²) in [6, 6.07) is 19.4. The van der Waals surface area contributed by atoms with Crippen LogP contribution in [0.5, 0.6) is 0 Å². The van der Waals surface area contributed by atoms with Crippen molar-refractivity contribution in [2.24, 2.45) is 11.1 Å². The van der Waals surface area contributed by atoms with E-state index in [4.69, 9.17) is 5.73 Å². The van der Waals surface area contributed by atoms with Gasteiger partial charge in [-0.2, -0.15) is 18.4 Å². The zero-order valence-electron chi connectivity index (χ0n) is 24.9. The zero-order chi connectivity index (χ0) is 31.3. The van der Waals surface area contributed by atoms with Gasteiger partial charge in [-0.05, 0) is 90.8 Å². The number of anilines is 1. The van der Waals surface area contributed by atoms with Gasteiger partial charge in [0.2, 0.25) is 0 Å². The van der Waals surface area contributed by atoms with E-state index >= 15 is 0 Å². The largest absolute Gasteiger partial charge is 0.416 e. The molecule has 0 aromatic heterocycles. The van der Waals surface area contributed by atoms with Crippen LogP contribution in [0.1, 0.15) is 66.0 Å². The number of carbonyl (C=O) groups excluding carboxylic acids is 1. The average molecular weight is 602 g/mol. The SMILES string of the molecule is Cc1cc(C)c(C2C(C#N)=C(N)N(c3ccc(C(F)(F)F)cc3)C3=C2C(=O)CC(C)(C)C3)cc1CSc1ccccc1C. The van der Waals surface area contributed by atoms with Gasteiger partial charge < -0.3 is 5.73 Å².